The van der Waals surface area contributed by atoms with Crippen LogP contribution in [0.2, 0.25) is 0 Å². The van der Waals surface area contributed by atoms with Crippen LogP contribution in [0.4, 0.5) is 0 Å². The summed E-state index contributed by atoms with van der Waals surface area (Å²) in [6.07, 6.45) is 9.58. The third-order valence-corrected chi connectivity index (χ3v) is 10.2. The highest BCUT2D eigenvalue weighted by Gasteiger charge is 2.45. The standard InChI is InChI=1S/C36H49N5O5/c1-23(2)31(32(42)33(37)43)39-35(45)30-21-28(40-17-9-4-10-18-40)22-41(30)36(46)29(19-24-11-5-3-6-12-24)38-34(44)27-16-15-25-13-7-8-14-26(25)20-27/h7-8,13-16,20,23-24,28-31H,3-6,9-12,17-19,21-22H2,1-2H3,(H2,37,43)(H,38,44)(H,39,45)/t28-,29-,30+,31-/m1/s1. The molecule has 0 unspecified atom stereocenters. The van der Waals surface area contributed by atoms with Crippen molar-refractivity contribution in [1.29, 1.82) is 0 Å². The lowest BCUT2D eigenvalue weighted by atomic mass is 9.84. The molecule has 4 amide bonds. The number of piperidine rings is 1. The number of amides is 4. The summed E-state index contributed by atoms with van der Waals surface area (Å²) in [5.74, 6) is -3.10. The van der Waals surface area contributed by atoms with Crippen molar-refractivity contribution in [2.75, 3.05) is 19.6 Å². The molecule has 1 aliphatic carbocycles. The Morgan fingerprint density at radius 2 is 1.54 bits per heavy atom. The number of nitrogens with two attached hydrogens (primary N) is 1. The van der Waals surface area contributed by atoms with Gasteiger partial charge in [-0.25, -0.2) is 0 Å². The second-order valence-electron chi connectivity index (χ2n) is 13.8. The van der Waals surface area contributed by atoms with Gasteiger partial charge in [0, 0.05) is 18.2 Å². The number of nitrogens with one attached hydrogen (secondary N) is 2. The number of benzene rings is 2. The van der Waals surface area contributed by atoms with E-state index in [-0.39, 0.29) is 23.8 Å². The Morgan fingerprint density at radius 3 is 2.22 bits per heavy atom. The zero-order valence-electron chi connectivity index (χ0n) is 27.2. The Hall–Kier alpha value is -3.79. The molecule has 10 nitrogen and oxygen atoms in total. The first kappa shape index (κ1) is 33.6. The van der Waals surface area contributed by atoms with Gasteiger partial charge in [-0.1, -0.05) is 82.7 Å². The van der Waals surface area contributed by atoms with Crippen molar-refractivity contribution in [3.63, 3.8) is 0 Å². The van der Waals surface area contributed by atoms with E-state index in [2.05, 4.69) is 15.5 Å². The number of likely N-dealkylation sites (tertiary alicyclic amines) is 2. The van der Waals surface area contributed by atoms with Crippen LogP contribution in [0.1, 0.15) is 88.4 Å². The molecule has 0 bridgehead atoms. The molecule has 2 aromatic rings. The molecule has 3 fully saturated rings. The molecular formula is C36H49N5O5. The van der Waals surface area contributed by atoms with Gasteiger partial charge in [0.15, 0.2) is 0 Å². The van der Waals surface area contributed by atoms with Crippen LogP contribution < -0.4 is 16.4 Å². The van der Waals surface area contributed by atoms with Crippen molar-refractivity contribution >= 4 is 40.2 Å². The third-order valence-electron chi connectivity index (χ3n) is 10.2. The van der Waals surface area contributed by atoms with E-state index in [1.165, 1.54) is 6.42 Å². The average Bonchev–Trinajstić information content (AvgIpc) is 3.52. The molecule has 1 saturated carbocycles. The lowest BCUT2D eigenvalue weighted by Gasteiger charge is -2.33. The van der Waals surface area contributed by atoms with E-state index < -0.39 is 35.7 Å². The Kier molecular flexibility index (Phi) is 11.1. The zero-order chi connectivity index (χ0) is 32.8. The molecule has 0 spiro atoms. The van der Waals surface area contributed by atoms with Crippen LogP contribution >= 0.6 is 0 Å². The molecule has 46 heavy (non-hydrogen) atoms. The van der Waals surface area contributed by atoms with Gasteiger partial charge in [0.25, 0.3) is 11.8 Å². The molecule has 4 N–H and O–H groups in total. The molecule has 2 aromatic carbocycles. The van der Waals surface area contributed by atoms with Crippen molar-refractivity contribution in [3.05, 3.63) is 48.0 Å². The number of fused-ring (bicyclic) bond motifs is 1. The molecule has 10 heteroatoms. The van der Waals surface area contributed by atoms with E-state index in [1.807, 2.05) is 36.4 Å². The summed E-state index contributed by atoms with van der Waals surface area (Å²) in [6.45, 7) is 5.64. The van der Waals surface area contributed by atoms with Gasteiger partial charge in [0.1, 0.15) is 12.1 Å². The van der Waals surface area contributed by atoms with Gasteiger partial charge in [0.2, 0.25) is 17.6 Å². The largest absolute Gasteiger partial charge is 0.363 e. The van der Waals surface area contributed by atoms with E-state index in [0.29, 0.717) is 30.9 Å². The van der Waals surface area contributed by atoms with Crippen LogP contribution in [0.15, 0.2) is 42.5 Å². The Balaban J connectivity index is 1.41. The van der Waals surface area contributed by atoms with Crippen molar-refractivity contribution in [3.8, 4) is 0 Å². The van der Waals surface area contributed by atoms with Crippen LogP contribution in [0, 0.1) is 11.8 Å². The molecule has 248 valence electrons. The third kappa shape index (κ3) is 7.94. The van der Waals surface area contributed by atoms with Gasteiger partial charge in [-0.2, -0.15) is 0 Å². The van der Waals surface area contributed by atoms with Crippen molar-refractivity contribution in [1.82, 2.24) is 20.4 Å². The summed E-state index contributed by atoms with van der Waals surface area (Å²) < 4.78 is 0. The molecule has 2 saturated heterocycles. The fourth-order valence-corrected chi connectivity index (χ4v) is 7.54. The molecule has 2 aliphatic heterocycles. The summed E-state index contributed by atoms with van der Waals surface area (Å²) in [5, 5.41) is 7.81. The number of primary amides is 1. The highest BCUT2D eigenvalue weighted by Crippen LogP contribution is 2.31. The van der Waals surface area contributed by atoms with Crippen molar-refractivity contribution in [2.45, 2.75) is 102 Å². The second-order valence-corrected chi connectivity index (χ2v) is 13.8. The molecule has 0 aromatic heterocycles. The predicted octanol–water partition coefficient (Wildman–Crippen LogP) is 3.56. The van der Waals surface area contributed by atoms with Crippen LogP contribution in [0.3, 0.4) is 0 Å². The maximum Gasteiger partial charge on any atom is 0.287 e. The predicted molar refractivity (Wildman–Crippen MR) is 177 cm³/mol. The Labute approximate surface area is 271 Å². The quantitative estimate of drug-likeness (QED) is 0.324. The normalized spacial score (nSPS) is 22.4. The number of ketones is 1. The maximum absolute atomic E-state index is 14.6. The monoisotopic (exact) mass is 631 g/mol. The van der Waals surface area contributed by atoms with Crippen LogP contribution in [0.5, 0.6) is 0 Å². The number of nitrogens with zero attached hydrogens (tertiary/aromatic N) is 2. The van der Waals surface area contributed by atoms with E-state index in [0.717, 1.165) is 68.8 Å². The number of carbonyl (C=O) groups is 5. The van der Waals surface area contributed by atoms with Gasteiger partial charge in [-0.15, -0.1) is 0 Å². The fraction of sp³-hybridized carbons (Fsp3) is 0.583. The van der Waals surface area contributed by atoms with E-state index >= 15 is 0 Å². The van der Waals surface area contributed by atoms with Crippen LogP contribution in [-0.2, 0) is 19.2 Å². The van der Waals surface area contributed by atoms with Gasteiger partial charge in [-0.3, -0.25) is 28.9 Å². The van der Waals surface area contributed by atoms with Crippen molar-refractivity contribution in [2.24, 2.45) is 17.6 Å². The van der Waals surface area contributed by atoms with Gasteiger partial charge in [0.05, 0.1) is 6.04 Å². The summed E-state index contributed by atoms with van der Waals surface area (Å²) in [6, 6.07) is 10.6. The second kappa shape index (κ2) is 15.2. The first-order valence-corrected chi connectivity index (χ1v) is 17.1. The van der Waals surface area contributed by atoms with E-state index in [9.17, 15) is 24.0 Å². The number of Topliss-reactive ketones (excluding diaryl/α,β-unsaturated/α-hetero) is 1. The molecule has 5 rings (SSSR count). The molecule has 0 radical (unpaired) electrons. The Morgan fingerprint density at radius 1 is 0.870 bits per heavy atom. The molecule has 4 atom stereocenters. The minimum atomic E-state index is -1.10. The number of hydrogen-bond acceptors (Lipinski definition) is 6. The number of hydrogen-bond donors (Lipinski definition) is 3. The topological polar surface area (TPSA) is 142 Å². The van der Waals surface area contributed by atoms with Gasteiger partial charge < -0.3 is 21.3 Å². The van der Waals surface area contributed by atoms with Crippen molar-refractivity contribution < 1.29 is 24.0 Å². The number of carbonyl (C=O) groups excluding carboxylic acids is 5. The molecule has 2 heterocycles. The first-order valence-electron chi connectivity index (χ1n) is 17.1. The van der Waals surface area contributed by atoms with E-state index in [4.69, 9.17) is 5.73 Å². The number of rotatable bonds is 11. The summed E-state index contributed by atoms with van der Waals surface area (Å²) in [5.41, 5.74) is 5.78. The fourth-order valence-electron chi connectivity index (χ4n) is 7.54. The minimum absolute atomic E-state index is 0.0177. The van der Waals surface area contributed by atoms with Gasteiger partial charge in [-0.05, 0) is 73.5 Å². The molecular weight excluding hydrogens is 582 g/mol. The zero-order valence-corrected chi connectivity index (χ0v) is 27.2. The highest BCUT2D eigenvalue weighted by molar-refractivity contribution is 6.38. The summed E-state index contributed by atoms with van der Waals surface area (Å²) >= 11 is 0. The lowest BCUT2D eigenvalue weighted by Crippen LogP contribution is -2.57. The van der Waals surface area contributed by atoms with Crippen LogP contribution in [-0.4, -0.2) is 83.0 Å². The summed E-state index contributed by atoms with van der Waals surface area (Å²) in [7, 11) is 0. The Bertz CT molecular complexity index is 1430. The van der Waals surface area contributed by atoms with Gasteiger partial charge >= 0.3 is 0 Å². The lowest BCUT2D eigenvalue weighted by molar-refractivity contribution is -0.142. The summed E-state index contributed by atoms with van der Waals surface area (Å²) in [4.78, 5) is 70.5. The maximum atomic E-state index is 14.6. The first-order chi connectivity index (χ1) is 22.1. The van der Waals surface area contributed by atoms with E-state index in [1.54, 1.807) is 24.8 Å². The minimum Gasteiger partial charge on any atom is -0.363 e. The molecule has 3 aliphatic rings. The smallest absolute Gasteiger partial charge is 0.287 e. The van der Waals surface area contributed by atoms with Crippen LogP contribution in [0.25, 0.3) is 10.8 Å². The highest BCUT2D eigenvalue weighted by atomic mass is 16.2. The SMILES string of the molecule is CC(C)[C@@H](NC(=O)[C@@H]1C[C@@H](N2CCCCC2)CN1C(=O)[C@@H](CC1CCCCC1)NC(=O)c1ccc2ccccc2c1)C(=O)C(N)=O. The average molecular weight is 632 g/mol.